The van der Waals surface area contributed by atoms with Gasteiger partial charge in [0.25, 0.3) is 5.91 Å². The van der Waals surface area contributed by atoms with Crippen LogP contribution in [0.15, 0.2) is 26.3 Å². The summed E-state index contributed by atoms with van der Waals surface area (Å²) in [5, 5.41) is 12.6. The first-order valence-corrected chi connectivity index (χ1v) is 8.97. The quantitative estimate of drug-likeness (QED) is 0.367. The Hall–Kier alpha value is -0.800. The number of hydrogen-bond donors (Lipinski definition) is 2. The lowest BCUT2D eigenvalue weighted by molar-refractivity contribution is -0.136. The zero-order valence-electron chi connectivity index (χ0n) is 12.3. The van der Waals surface area contributed by atoms with Gasteiger partial charge in [-0.25, -0.2) is 4.79 Å². The maximum atomic E-state index is 12.5. The minimum Gasteiger partial charge on any atom is -0.466 e. The van der Waals surface area contributed by atoms with Crippen molar-refractivity contribution in [3.05, 3.63) is 36.3 Å². The van der Waals surface area contributed by atoms with Crippen LogP contribution in [0.3, 0.4) is 0 Å². The summed E-state index contributed by atoms with van der Waals surface area (Å²) in [6.45, 7) is -0.0648. The van der Waals surface area contributed by atoms with Crippen molar-refractivity contribution in [1.82, 2.24) is 4.90 Å². The average molecular weight is 503 g/mol. The Bertz CT molecular complexity index is 740. The largest absolute Gasteiger partial charge is 0.466 e. The molecule has 0 radical (unpaired) electrons. The van der Waals surface area contributed by atoms with Crippen LogP contribution >= 0.6 is 55.1 Å². The van der Waals surface area contributed by atoms with Gasteiger partial charge in [-0.05, 0) is 37.9 Å². The number of methoxy groups -OCH3 is 1. The number of nitrogens with zero attached hydrogens (tertiary/aromatic N) is 1. The standard InChI is InChI=1S/C14H12Br2Cl2N2O4/c1-24-14(23)6-5-20(2-3-21)13(22)12(6)19-8-4-7(17)9(15)11(18)10(8)16/h4,19,21H,2-3,5H2,1H3. The molecule has 0 aromatic heterocycles. The molecule has 10 heteroatoms. The summed E-state index contributed by atoms with van der Waals surface area (Å²) >= 11 is 18.8. The maximum Gasteiger partial charge on any atom is 0.337 e. The zero-order chi connectivity index (χ0) is 18.0. The van der Waals surface area contributed by atoms with Crippen molar-refractivity contribution in [1.29, 1.82) is 0 Å². The van der Waals surface area contributed by atoms with Gasteiger partial charge in [-0.15, -0.1) is 0 Å². The topological polar surface area (TPSA) is 78.9 Å². The highest BCUT2D eigenvalue weighted by atomic mass is 79.9. The molecule has 1 aromatic rings. The third kappa shape index (κ3) is 3.72. The molecule has 2 N–H and O–H groups in total. The Morgan fingerprint density at radius 2 is 2.08 bits per heavy atom. The van der Waals surface area contributed by atoms with Crippen molar-refractivity contribution in [2.75, 3.05) is 32.1 Å². The average Bonchev–Trinajstić information content (AvgIpc) is 2.87. The molecule has 0 fully saturated rings. The number of aliphatic hydroxyl groups is 1. The van der Waals surface area contributed by atoms with E-state index in [-0.39, 0.29) is 31.0 Å². The molecule has 0 aliphatic carbocycles. The molecular formula is C14H12Br2Cl2N2O4. The van der Waals surface area contributed by atoms with Crippen LogP contribution in [0.25, 0.3) is 0 Å². The number of rotatable bonds is 5. The fourth-order valence-corrected chi connectivity index (χ4v) is 3.59. The minimum absolute atomic E-state index is 0.0456. The third-order valence-electron chi connectivity index (χ3n) is 3.32. The highest BCUT2D eigenvalue weighted by molar-refractivity contribution is 9.11. The van der Waals surface area contributed by atoms with Gasteiger partial charge in [0.05, 0.1) is 50.5 Å². The van der Waals surface area contributed by atoms with Gasteiger partial charge >= 0.3 is 5.97 Å². The molecule has 0 saturated carbocycles. The number of hydrogen-bond acceptors (Lipinski definition) is 5. The van der Waals surface area contributed by atoms with Crippen LogP contribution in [-0.2, 0) is 14.3 Å². The van der Waals surface area contributed by atoms with Crippen LogP contribution in [0.4, 0.5) is 5.69 Å². The van der Waals surface area contributed by atoms with Crippen LogP contribution in [0.5, 0.6) is 0 Å². The van der Waals surface area contributed by atoms with Gasteiger partial charge < -0.3 is 20.1 Å². The second-order valence-electron chi connectivity index (χ2n) is 4.77. The SMILES string of the molecule is COC(=O)C1=C(Nc2cc(Cl)c(Br)c(Cl)c2Br)C(=O)N(CCO)C1. The Labute approximate surface area is 165 Å². The highest BCUT2D eigenvalue weighted by Crippen LogP contribution is 2.42. The lowest BCUT2D eigenvalue weighted by atomic mass is 10.2. The number of aliphatic hydroxyl groups excluding tert-OH is 1. The van der Waals surface area contributed by atoms with Crippen LogP contribution < -0.4 is 5.32 Å². The summed E-state index contributed by atoms with van der Waals surface area (Å²) in [7, 11) is 1.23. The minimum atomic E-state index is -0.628. The number of carbonyl (C=O) groups excluding carboxylic acids is 2. The van der Waals surface area contributed by atoms with E-state index in [1.807, 2.05) is 0 Å². The lowest BCUT2D eigenvalue weighted by Gasteiger charge is -2.16. The molecular weight excluding hydrogens is 491 g/mol. The first-order valence-electron chi connectivity index (χ1n) is 6.63. The Morgan fingerprint density at radius 3 is 2.67 bits per heavy atom. The van der Waals surface area contributed by atoms with Gasteiger partial charge in [0.15, 0.2) is 0 Å². The fraction of sp³-hybridized carbons (Fsp3) is 0.286. The summed E-state index contributed by atoms with van der Waals surface area (Å²) < 4.78 is 5.71. The number of β-amino-alcohol motifs (C(OH)–C–C–N with tert-alkyl or cyclic N) is 1. The third-order valence-corrected chi connectivity index (χ3v) is 6.32. The van der Waals surface area contributed by atoms with Crippen molar-refractivity contribution in [2.24, 2.45) is 0 Å². The molecule has 6 nitrogen and oxygen atoms in total. The second-order valence-corrected chi connectivity index (χ2v) is 7.14. The molecule has 130 valence electrons. The van der Waals surface area contributed by atoms with E-state index in [0.29, 0.717) is 24.7 Å². The number of halogens is 4. The first-order chi connectivity index (χ1) is 11.3. The maximum absolute atomic E-state index is 12.5. The number of nitrogens with one attached hydrogen (secondary N) is 1. The fourth-order valence-electron chi connectivity index (χ4n) is 2.15. The molecule has 1 heterocycles. The van der Waals surface area contributed by atoms with Crippen molar-refractivity contribution in [2.45, 2.75) is 0 Å². The van der Waals surface area contributed by atoms with Gasteiger partial charge in [-0.3, -0.25) is 4.79 Å². The zero-order valence-corrected chi connectivity index (χ0v) is 17.0. The summed E-state index contributed by atoms with van der Waals surface area (Å²) in [6.07, 6.45) is 0. The number of esters is 1. The van der Waals surface area contributed by atoms with Crippen LogP contribution in [0, 0.1) is 0 Å². The molecule has 0 saturated heterocycles. The van der Waals surface area contributed by atoms with Crippen LogP contribution in [0.2, 0.25) is 10.0 Å². The molecule has 0 atom stereocenters. The highest BCUT2D eigenvalue weighted by Gasteiger charge is 2.34. The van der Waals surface area contributed by atoms with E-state index in [0.717, 1.165) is 0 Å². The molecule has 1 amide bonds. The van der Waals surface area contributed by atoms with Gasteiger partial charge in [0.2, 0.25) is 0 Å². The van der Waals surface area contributed by atoms with Crippen molar-refractivity contribution in [3.8, 4) is 0 Å². The number of benzene rings is 1. The van der Waals surface area contributed by atoms with Crippen LogP contribution in [-0.4, -0.2) is 48.7 Å². The first kappa shape index (κ1) is 19.5. The summed E-state index contributed by atoms with van der Waals surface area (Å²) in [4.78, 5) is 25.8. The number of anilines is 1. The molecule has 2 rings (SSSR count). The Kier molecular flexibility index (Phi) is 6.55. The predicted molar refractivity (Wildman–Crippen MR) is 98.2 cm³/mol. The Morgan fingerprint density at radius 1 is 1.42 bits per heavy atom. The monoisotopic (exact) mass is 500 g/mol. The number of carbonyl (C=O) groups is 2. The molecule has 1 aliphatic rings. The summed E-state index contributed by atoms with van der Waals surface area (Å²) in [6, 6.07) is 1.56. The summed E-state index contributed by atoms with van der Waals surface area (Å²) in [5.74, 6) is -1.05. The van der Waals surface area contributed by atoms with Gasteiger partial charge in [0, 0.05) is 6.54 Å². The lowest BCUT2D eigenvalue weighted by Crippen LogP contribution is -2.31. The molecule has 1 aromatic carbocycles. The smallest absolute Gasteiger partial charge is 0.337 e. The van der Waals surface area contributed by atoms with E-state index in [9.17, 15) is 9.59 Å². The van der Waals surface area contributed by atoms with E-state index < -0.39 is 11.9 Å². The van der Waals surface area contributed by atoms with Gasteiger partial charge in [0.1, 0.15) is 5.70 Å². The summed E-state index contributed by atoms with van der Waals surface area (Å²) in [5.41, 5.74) is 0.646. The van der Waals surface area contributed by atoms with E-state index in [1.54, 1.807) is 6.07 Å². The van der Waals surface area contributed by atoms with E-state index in [4.69, 9.17) is 33.0 Å². The van der Waals surface area contributed by atoms with Crippen molar-refractivity contribution in [3.63, 3.8) is 0 Å². The van der Waals surface area contributed by atoms with E-state index in [2.05, 4.69) is 37.2 Å². The molecule has 1 aliphatic heterocycles. The number of amides is 1. The molecule has 0 spiro atoms. The second kappa shape index (κ2) is 8.05. The van der Waals surface area contributed by atoms with Gasteiger partial charge in [-0.2, -0.15) is 0 Å². The molecule has 0 bridgehead atoms. The number of ether oxygens (including phenoxy) is 1. The van der Waals surface area contributed by atoms with Crippen LogP contribution in [0.1, 0.15) is 0 Å². The van der Waals surface area contributed by atoms with E-state index >= 15 is 0 Å². The van der Waals surface area contributed by atoms with Crippen molar-refractivity contribution >= 4 is 72.6 Å². The van der Waals surface area contributed by atoms with Crippen molar-refractivity contribution < 1.29 is 19.4 Å². The molecule has 24 heavy (non-hydrogen) atoms. The Balaban J connectivity index is 2.45. The molecule has 0 unspecified atom stereocenters. The predicted octanol–water partition coefficient (Wildman–Crippen LogP) is 3.19. The normalized spacial score (nSPS) is 14.4. The van der Waals surface area contributed by atoms with E-state index in [1.165, 1.54) is 12.0 Å². The van der Waals surface area contributed by atoms with Gasteiger partial charge in [-0.1, -0.05) is 23.2 Å².